The van der Waals surface area contributed by atoms with Gasteiger partial charge >= 0.3 is 0 Å². The number of rotatable bonds is 6. The fraction of sp³-hybridized carbons (Fsp3) is 0.318. The molecular formula is C22H23Cl2N3O2. The second-order valence-electron chi connectivity index (χ2n) is 7.40. The molecule has 1 aliphatic heterocycles. The molecule has 2 unspecified atom stereocenters. The molecule has 3 aromatic rings. The minimum Gasteiger partial charge on any atom is -0.491 e. The van der Waals surface area contributed by atoms with Crippen LogP contribution >= 0.6 is 23.2 Å². The van der Waals surface area contributed by atoms with Crippen LogP contribution in [0.15, 0.2) is 47.3 Å². The van der Waals surface area contributed by atoms with Crippen LogP contribution in [0.5, 0.6) is 5.75 Å². The van der Waals surface area contributed by atoms with Gasteiger partial charge in [-0.2, -0.15) is 0 Å². The van der Waals surface area contributed by atoms with Crippen molar-refractivity contribution in [3.63, 3.8) is 0 Å². The Bertz CT molecular complexity index is 1080. The van der Waals surface area contributed by atoms with Crippen molar-refractivity contribution in [2.45, 2.75) is 19.4 Å². The van der Waals surface area contributed by atoms with Crippen LogP contribution in [0, 0.1) is 5.92 Å². The molecule has 0 radical (unpaired) electrons. The molecule has 0 bridgehead atoms. The fourth-order valence-electron chi connectivity index (χ4n) is 3.75. The van der Waals surface area contributed by atoms with Gasteiger partial charge in [0.15, 0.2) is 5.43 Å². The van der Waals surface area contributed by atoms with E-state index < -0.39 is 0 Å². The number of aromatic nitrogens is 1. The summed E-state index contributed by atoms with van der Waals surface area (Å²) in [6.45, 7) is 4.31. The lowest BCUT2D eigenvalue weighted by Crippen LogP contribution is -2.35. The van der Waals surface area contributed by atoms with Crippen LogP contribution in [-0.4, -0.2) is 24.7 Å². The Morgan fingerprint density at radius 3 is 2.86 bits per heavy atom. The molecule has 5 nitrogen and oxygen atoms in total. The lowest BCUT2D eigenvalue weighted by molar-refractivity contribution is 0.189. The Balaban J connectivity index is 1.35. The molecule has 0 saturated heterocycles. The predicted octanol–water partition coefficient (Wildman–Crippen LogP) is 5.00. The van der Waals surface area contributed by atoms with Crippen molar-refractivity contribution in [2.75, 3.05) is 25.0 Å². The molecule has 0 saturated carbocycles. The molecule has 2 heterocycles. The minimum atomic E-state index is 0.0152. The summed E-state index contributed by atoms with van der Waals surface area (Å²) in [7, 11) is 0. The molecule has 0 fully saturated rings. The highest BCUT2D eigenvalue weighted by atomic mass is 35.5. The number of H-pyrrole nitrogens is 1. The van der Waals surface area contributed by atoms with E-state index in [-0.39, 0.29) is 11.5 Å². The summed E-state index contributed by atoms with van der Waals surface area (Å²) in [5.41, 5.74) is 1.86. The molecule has 29 heavy (non-hydrogen) atoms. The van der Waals surface area contributed by atoms with Crippen LogP contribution < -0.4 is 20.8 Å². The third-order valence-electron chi connectivity index (χ3n) is 5.20. The molecule has 0 spiro atoms. The summed E-state index contributed by atoms with van der Waals surface area (Å²) < 4.78 is 5.81. The van der Waals surface area contributed by atoms with Gasteiger partial charge in [0, 0.05) is 40.5 Å². The predicted molar refractivity (Wildman–Crippen MR) is 120 cm³/mol. The molecule has 1 aromatic heterocycles. The SMILES string of the molecule is CC1COc2c(Cl)cc(Cl)cc2C1NCCCNc1cc(=O)c2ccccc2[nH]1. The summed E-state index contributed by atoms with van der Waals surface area (Å²) in [6.07, 6.45) is 0.891. The highest BCUT2D eigenvalue weighted by Crippen LogP contribution is 2.41. The molecule has 7 heteroatoms. The van der Waals surface area contributed by atoms with Crippen molar-refractivity contribution in [2.24, 2.45) is 5.92 Å². The first-order valence-electron chi connectivity index (χ1n) is 9.74. The number of ether oxygens (including phenoxy) is 1. The minimum absolute atomic E-state index is 0.0152. The molecule has 152 valence electrons. The normalized spacial score (nSPS) is 18.3. The highest BCUT2D eigenvalue weighted by molar-refractivity contribution is 6.35. The Kier molecular flexibility index (Phi) is 5.99. The standard InChI is InChI=1S/C22H23Cl2N3O2/c1-13-12-29-22-16(9-14(23)10-17(22)24)21(13)26-8-4-7-25-20-11-19(28)15-5-2-3-6-18(15)27-20/h2-3,5-6,9-11,13,21,26H,4,7-8,12H2,1H3,(H2,25,27,28). The molecule has 2 aromatic carbocycles. The quantitative estimate of drug-likeness (QED) is 0.480. The van der Waals surface area contributed by atoms with Crippen LogP contribution in [0.4, 0.5) is 5.82 Å². The monoisotopic (exact) mass is 431 g/mol. The first-order valence-corrected chi connectivity index (χ1v) is 10.5. The van der Waals surface area contributed by atoms with Crippen molar-refractivity contribution in [1.29, 1.82) is 0 Å². The van der Waals surface area contributed by atoms with Crippen LogP contribution in [0.1, 0.15) is 24.9 Å². The molecule has 3 N–H and O–H groups in total. The van der Waals surface area contributed by atoms with Gasteiger partial charge in [0.05, 0.1) is 17.1 Å². The Morgan fingerprint density at radius 1 is 1.17 bits per heavy atom. The van der Waals surface area contributed by atoms with Crippen molar-refractivity contribution in [3.8, 4) is 5.75 Å². The zero-order chi connectivity index (χ0) is 20.4. The number of halogens is 2. The highest BCUT2D eigenvalue weighted by Gasteiger charge is 2.29. The zero-order valence-electron chi connectivity index (χ0n) is 16.1. The van der Waals surface area contributed by atoms with Gasteiger partial charge in [0.25, 0.3) is 0 Å². The summed E-state index contributed by atoms with van der Waals surface area (Å²) in [4.78, 5) is 15.5. The van der Waals surface area contributed by atoms with Gasteiger partial charge in [-0.15, -0.1) is 0 Å². The van der Waals surface area contributed by atoms with Crippen LogP contribution in [0.25, 0.3) is 10.9 Å². The largest absolute Gasteiger partial charge is 0.491 e. The average molecular weight is 432 g/mol. The smallest absolute Gasteiger partial charge is 0.191 e. The van der Waals surface area contributed by atoms with Crippen LogP contribution in [0.2, 0.25) is 10.0 Å². The molecule has 2 atom stereocenters. The number of pyridine rings is 1. The van der Waals surface area contributed by atoms with E-state index in [0.717, 1.165) is 42.2 Å². The fourth-order valence-corrected chi connectivity index (χ4v) is 4.32. The third kappa shape index (κ3) is 4.37. The lowest BCUT2D eigenvalue weighted by atomic mass is 9.92. The van der Waals surface area contributed by atoms with Crippen molar-refractivity contribution in [1.82, 2.24) is 10.3 Å². The van der Waals surface area contributed by atoms with Crippen molar-refractivity contribution in [3.05, 3.63) is 68.3 Å². The second kappa shape index (κ2) is 8.66. The Labute approximate surface area is 179 Å². The molecule has 4 rings (SSSR count). The van der Waals surface area contributed by atoms with Crippen LogP contribution in [0.3, 0.4) is 0 Å². The van der Waals surface area contributed by atoms with Crippen LogP contribution in [-0.2, 0) is 0 Å². The molecular weight excluding hydrogens is 409 g/mol. The van der Waals surface area contributed by atoms with Crippen molar-refractivity contribution < 1.29 is 4.74 Å². The Morgan fingerprint density at radius 2 is 2.00 bits per heavy atom. The summed E-state index contributed by atoms with van der Waals surface area (Å²) in [6, 6.07) is 12.9. The van der Waals surface area contributed by atoms with E-state index in [1.807, 2.05) is 30.3 Å². The summed E-state index contributed by atoms with van der Waals surface area (Å²) in [5, 5.41) is 8.76. The van der Waals surface area contributed by atoms with E-state index in [1.54, 1.807) is 12.1 Å². The number of nitrogens with one attached hydrogen (secondary N) is 3. The first kappa shape index (κ1) is 20.1. The Hall–Kier alpha value is -2.21. The van der Waals surface area contributed by atoms with Gasteiger partial charge < -0.3 is 20.4 Å². The van der Waals surface area contributed by atoms with Gasteiger partial charge in [-0.25, -0.2) is 0 Å². The van der Waals surface area contributed by atoms with Gasteiger partial charge in [0.2, 0.25) is 0 Å². The maximum atomic E-state index is 12.2. The lowest BCUT2D eigenvalue weighted by Gasteiger charge is -2.33. The zero-order valence-corrected chi connectivity index (χ0v) is 17.6. The first-order chi connectivity index (χ1) is 14.0. The van der Waals surface area contributed by atoms with E-state index >= 15 is 0 Å². The topological polar surface area (TPSA) is 66.2 Å². The summed E-state index contributed by atoms with van der Waals surface area (Å²) in [5.74, 6) is 1.76. The van der Waals surface area contributed by atoms with Gasteiger partial charge in [-0.1, -0.05) is 42.3 Å². The van der Waals surface area contributed by atoms with E-state index in [1.165, 1.54) is 0 Å². The number of aromatic amines is 1. The van der Waals surface area contributed by atoms with Gasteiger partial charge in [-0.05, 0) is 37.2 Å². The third-order valence-corrected chi connectivity index (χ3v) is 5.70. The van der Waals surface area contributed by atoms with E-state index in [0.29, 0.717) is 28.0 Å². The van der Waals surface area contributed by atoms with E-state index in [4.69, 9.17) is 27.9 Å². The van der Waals surface area contributed by atoms with E-state index in [9.17, 15) is 4.79 Å². The maximum Gasteiger partial charge on any atom is 0.191 e. The second-order valence-corrected chi connectivity index (χ2v) is 8.24. The molecule has 1 aliphatic rings. The number of benzene rings is 2. The number of anilines is 1. The molecule has 0 aliphatic carbocycles. The number of hydrogen-bond acceptors (Lipinski definition) is 4. The summed E-state index contributed by atoms with van der Waals surface area (Å²) >= 11 is 12.5. The van der Waals surface area contributed by atoms with Gasteiger partial charge in [0.1, 0.15) is 11.6 Å². The van der Waals surface area contributed by atoms with Gasteiger partial charge in [-0.3, -0.25) is 4.79 Å². The molecule has 0 amide bonds. The number of fused-ring (bicyclic) bond motifs is 2. The average Bonchev–Trinajstić information content (AvgIpc) is 2.69. The van der Waals surface area contributed by atoms with E-state index in [2.05, 4.69) is 22.5 Å². The number of hydrogen-bond donors (Lipinski definition) is 3. The number of para-hydroxylation sites is 1. The maximum absolute atomic E-state index is 12.2. The van der Waals surface area contributed by atoms with Crippen molar-refractivity contribution >= 4 is 39.9 Å².